The normalized spacial score (nSPS) is 22.5. The van der Waals surface area contributed by atoms with Crippen LogP contribution in [-0.4, -0.2) is 64.5 Å². The van der Waals surface area contributed by atoms with Gasteiger partial charge in [-0.15, -0.1) is 0 Å². The summed E-state index contributed by atoms with van der Waals surface area (Å²) in [4.78, 5) is 49.8. The maximum Gasteiger partial charge on any atom is 0.350 e. The zero-order chi connectivity index (χ0) is 31.9. The molecule has 4 atom stereocenters. The Balaban J connectivity index is 1.63. The van der Waals surface area contributed by atoms with Crippen LogP contribution in [0.4, 0.5) is 5.82 Å². The Bertz CT molecular complexity index is 1440. The fourth-order valence-corrected chi connectivity index (χ4v) is 5.87. The average Bonchev–Trinajstić information content (AvgIpc) is 3.73. The number of pyridine rings is 1. The molecule has 6 N–H and O–H groups in total. The number of aliphatic hydroxyl groups excluding tert-OH is 1. The van der Waals surface area contributed by atoms with Crippen LogP contribution < -0.4 is 16.8 Å². The van der Waals surface area contributed by atoms with Crippen molar-refractivity contribution in [2.75, 3.05) is 19.4 Å². The first-order chi connectivity index (χ1) is 21.1. The van der Waals surface area contributed by atoms with E-state index in [0.717, 1.165) is 30.4 Å². The lowest BCUT2D eigenvalue weighted by molar-refractivity contribution is -0.154. The Morgan fingerprint density at radius 3 is 2.52 bits per heavy atom. The van der Waals surface area contributed by atoms with Crippen LogP contribution in [0, 0.1) is 0 Å². The van der Waals surface area contributed by atoms with E-state index in [9.17, 15) is 19.5 Å². The molecule has 2 aliphatic rings. The van der Waals surface area contributed by atoms with Gasteiger partial charge in [0.25, 0.3) is 5.60 Å². The highest BCUT2D eigenvalue weighted by atomic mass is 16.7. The van der Waals surface area contributed by atoms with Gasteiger partial charge >= 0.3 is 5.97 Å². The second kappa shape index (κ2) is 14.1. The van der Waals surface area contributed by atoms with Crippen molar-refractivity contribution in [3.05, 3.63) is 70.9 Å². The standard InChI is InChI=1S/C33H43N5O6/c1-4-5-6-10-23(11-9-18-39)43-30(42)33-29(41)25-13-8-7-12-24(25)28(40)32(33,44-33)16-14-21(2)19-26(38-31(35)36-3)22-15-17-37-27(34)20-22/h7-8,12-15,17,20,23,26,39H,4-6,9-11,16,18-19H2,1-3H3,(H2,34,37)(H3,35,36,38)/b21-14+/t23-,26-,32+,33+/m1/s1. The summed E-state index contributed by atoms with van der Waals surface area (Å²) in [7, 11) is 1.58. The van der Waals surface area contributed by atoms with Crippen LogP contribution in [0.5, 0.6) is 0 Å². The lowest BCUT2D eigenvalue weighted by atomic mass is 9.72. The van der Waals surface area contributed by atoms with E-state index in [4.69, 9.17) is 20.9 Å². The minimum Gasteiger partial charge on any atom is -0.460 e. The summed E-state index contributed by atoms with van der Waals surface area (Å²) in [6.45, 7) is 3.93. The van der Waals surface area contributed by atoms with Crippen LogP contribution in [0.2, 0.25) is 0 Å². The summed E-state index contributed by atoms with van der Waals surface area (Å²) in [5, 5.41) is 12.6. The average molecular weight is 606 g/mol. The first kappa shape index (κ1) is 32.8. The predicted molar refractivity (Wildman–Crippen MR) is 167 cm³/mol. The Kier molecular flexibility index (Phi) is 10.5. The van der Waals surface area contributed by atoms with Crippen molar-refractivity contribution in [1.29, 1.82) is 0 Å². The summed E-state index contributed by atoms with van der Waals surface area (Å²) in [6, 6.07) is 9.71. The van der Waals surface area contributed by atoms with Gasteiger partial charge in [-0.1, -0.05) is 55.7 Å². The quantitative estimate of drug-likeness (QED) is 0.0443. The number of nitrogens with two attached hydrogens (primary N) is 2. The zero-order valence-corrected chi connectivity index (χ0v) is 25.7. The van der Waals surface area contributed by atoms with E-state index in [0.29, 0.717) is 31.5 Å². The molecule has 0 radical (unpaired) electrons. The van der Waals surface area contributed by atoms with Gasteiger partial charge in [0.1, 0.15) is 11.9 Å². The van der Waals surface area contributed by atoms with Crippen LogP contribution in [-0.2, 0) is 14.3 Å². The summed E-state index contributed by atoms with van der Waals surface area (Å²) >= 11 is 0. The minimum absolute atomic E-state index is 0.00741. The number of unbranched alkanes of at least 4 members (excludes halogenated alkanes) is 2. The maximum absolute atomic E-state index is 14.0. The van der Waals surface area contributed by atoms with E-state index in [1.54, 1.807) is 37.5 Å². The van der Waals surface area contributed by atoms with Crippen LogP contribution in [0.1, 0.15) is 97.5 Å². The van der Waals surface area contributed by atoms with E-state index < -0.39 is 34.8 Å². The molecule has 11 heteroatoms. The molecule has 4 rings (SSSR count). The highest BCUT2D eigenvalue weighted by Crippen LogP contribution is 2.58. The molecule has 1 fully saturated rings. The summed E-state index contributed by atoms with van der Waals surface area (Å²) in [5.41, 5.74) is 10.2. The molecule has 1 aliphatic heterocycles. The van der Waals surface area contributed by atoms with Gasteiger partial charge in [0, 0.05) is 37.4 Å². The second-order valence-corrected chi connectivity index (χ2v) is 11.5. The number of esters is 1. The molecule has 1 aromatic carbocycles. The van der Waals surface area contributed by atoms with Crippen molar-refractivity contribution in [2.24, 2.45) is 10.7 Å². The van der Waals surface area contributed by atoms with Crippen molar-refractivity contribution in [3.63, 3.8) is 0 Å². The number of hydrogen-bond acceptors (Lipinski definition) is 9. The molecule has 1 saturated heterocycles. The number of carbonyl (C=O) groups excluding carboxylic acids is 3. The minimum atomic E-state index is -2.06. The summed E-state index contributed by atoms with van der Waals surface area (Å²) < 4.78 is 12.0. The van der Waals surface area contributed by atoms with Gasteiger partial charge in [-0.2, -0.15) is 0 Å². The maximum atomic E-state index is 14.0. The first-order valence-electron chi connectivity index (χ1n) is 15.2. The number of Topliss-reactive ketones (excluding diaryl/α,β-unsaturated/α-hetero) is 2. The van der Waals surface area contributed by atoms with Crippen LogP contribution in [0.3, 0.4) is 0 Å². The van der Waals surface area contributed by atoms with E-state index in [1.165, 1.54) is 6.07 Å². The largest absolute Gasteiger partial charge is 0.460 e. The molecule has 1 aromatic heterocycles. The molecule has 1 aliphatic carbocycles. The van der Waals surface area contributed by atoms with E-state index in [1.807, 2.05) is 19.1 Å². The number of ether oxygens (including phenoxy) is 2. The number of epoxide rings is 1. The number of rotatable bonds is 15. The molecule has 2 heterocycles. The molecular formula is C33H43N5O6. The molecular weight excluding hydrogens is 562 g/mol. The van der Waals surface area contributed by atoms with Crippen LogP contribution >= 0.6 is 0 Å². The number of aromatic nitrogens is 1. The lowest BCUT2D eigenvalue weighted by Gasteiger charge is -2.26. The summed E-state index contributed by atoms with van der Waals surface area (Å²) in [6.07, 6.45) is 7.66. The number of fused-ring (bicyclic) bond motifs is 2. The van der Waals surface area contributed by atoms with Crippen molar-refractivity contribution in [3.8, 4) is 0 Å². The molecule has 0 amide bonds. The number of nitrogens with zero attached hydrogens (tertiary/aromatic N) is 2. The van der Waals surface area contributed by atoms with Crippen LogP contribution in [0.15, 0.2) is 59.2 Å². The molecule has 0 saturated carbocycles. The number of aliphatic imine (C=N–C) groups is 1. The van der Waals surface area contributed by atoms with Gasteiger partial charge in [-0.05, 0) is 56.7 Å². The number of hydrogen-bond donors (Lipinski definition) is 4. The molecule has 0 spiro atoms. The Hall–Kier alpha value is -4.09. The number of guanidine groups is 1. The number of ketones is 2. The van der Waals surface area contributed by atoms with Gasteiger partial charge in [0.05, 0.1) is 6.04 Å². The second-order valence-electron chi connectivity index (χ2n) is 11.5. The van der Waals surface area contributed by atoms with Crippen molar-refractivity contribution in [1.82, 2.24) is 10.3 Å². The summed E-state index contributed by atoms with van der Waals surface area (Å²) in [5.74, 6) is -1.26. The highest BCUT2D eigenvalue weighted by Gasteiger charge is 2.85. The number of anilines is 1. The number of nitrogen functional groups attached to an aromatic ring is 1. The third kappa shape index (κ3) is 6.53. The molecule has 0 bridgehead atoms. The monoisotopic (exact) mass is 605 g/mol. The lowest BCUT2D eigenvalue weighted by Crippen LogP contribution is -2.51. The van der Waals surface area contributed by atoms with Crippen molar-refractivity contribution in [2.45, 2.75) is 88.6 Å². The number of aliphatic hydroxyl groups is 1. The molecule has 44 heavy (non-hydrogen) atoms. The van der Waals surface area contributed by atoms with Gasteiger partial charge in [-0.3, -0.25) is 14.6 Å². The van der Waals surface area contributed by atoms with Gasteiger partial charge in [0.15, 0.2) is 17.3 Å². The number of nitrogens with one attached hydrogen (secondary N) is 1. The van der Waals surface area contributed by atoms with Gasteiger partial charge < -0.3 is 31.4 Å². The predicted octanol–water partition coefficient (Wildman–Crippen LogP) is 3.82. The molecule has 2 aromatic rings. The fraction of sp³-hybridized carbons (Fsp3) is 0.485. The SMILES string of the molecule is CCCCC[C@H](CCCO)OC(=O)[C@]12O[C@@]1(C/C=C(\C)C[C@@H](NC(N)=NC)c1ccnc(N)c1)C(=O)c1ccccc1C2=O. The number of carbonyl (C=O) groups is 3. The van der Waals surface area contributed by atoms with Gasteiger partial charge in [0.2, 0.25) is 5.78 Å². The Morgan fingerprint density at radius 2 is 1.86 bits per heavy atom. The van der Waals surface area contributed by atoms with E-state index in [-0.39, 0.29) is 36.2 Å². The van der Waals surface area contributed by atoms with E-state index in [2.05, 4.69) is 22.2 Å². The Morgan fingerprint density at radius 1 is 1.16 bits per heavy atom. The zero-order valence-electron chi connectivity index (χ0n) is 25.7. The topological polar surface area (TPSA) is 183 Å². The van der Waals surface area contributed by atoms with Crippen molar-refractivity contribution >= 4 is 29.3 Å². The third-order valence-electron chi connectivity index (χ3n) is 8.37. The molecule has 0 unspecified atom stereocenters. The van der Waals surface area contributed by atoms with Crippen LogP contribution in [0.25, 0.3) is 0 Å². The third-order valence-corrected chi connectivity index (χ3v) is 8.37. The van der Waals surface area contributed by atoms with Crippen molar-refractivity contribution < 1.29 is 29.0 Å². The van der Waals surface area contributed by atoms with E-state index >= 15 is 0 Å². The molecule has 11 nitrogen and oxygen atoms in total. The molecule has 236 valence electrons. The first-order valence-corrected chi connectivity index (χ1v) is 15.2. The number of benzene rings is 1. The van der Waals surface area contributed by atoms with Gasteiger partial charge in [-0.25, -0.2) is 9.78 Å². The highest BCUT2D eigenvalue weighted by molar-refractivity contribution is 6.32. The Labute approximate surface area is 258 Å². The fourth-order valence-electron chi connectivity index (χ4n) is 5.87. The smallest absolute Gasteiger partial charge is 0.350 e.